The monoisotopic (exact) mass is 545 g/mol. The van der Waals surface area contributed by atoms with Crippen LogP contribution in [-0.2, 0) is 13.0 Å². The van der Waals surface area contributed by atoms with Gasteiger partial charge in [0.05, 0.1) is 12.1 Å². The van der Waals surface area contributed by atoms with Gasteiger partial charge in [-0.3, -0.25) is 9.59 Å². The van der Waals surface area contributed by atoms with Crippen LogP contribution < -0.4 is 15.0 Å². The molecule has 3 heterocycles. The molecule has 7 heteroatoms. The van der Waals surface area contributed by atoms with Crippen LogP contribution in [0.5, 0.6) is 11.5 Å². The standard InChI is InChI=1S/C33H43N3O4/c1-19-17-20(2)34-31(37)26(19)18-36-16-15-25-27(32(36)38)21(3)29-30(28(25)22-9-7-8-10-22)40-33(4,39-29)23-11-13-24(14-12-23)35(5)6/h9,17,23-24H,7-8,10-16,18H2,1-6H3,(H,34,37)/t23-,24-,33?. The first-order chi connectivity index (χ1) is 19.1. The highest BCUT2D eigenvalue weighted by Crippen LogP contribution is 2.55. The van der Waals surface area contributed by atoms with Crippen LogP contribution in [0, 0.1) is 26.7 Å². The van der Waals surface area contributed by atoms with Gasteiger partial charge in [0, 0.05) is 47.8 Å². The number of amides is 1. The molecule has 1 aromatic carbocycles. The Morgan fingerprint density at radius 3 is 2.40 bits per heavy atom. The number of allylic oxidation sites excluding steroid dienone is 2. The Kier molecular flexibility index (Phi) is 6.84. The number of rotatable bonds is 5. The number of carbonyl (C=O) groups excluding carboxylic acids is 1. The van der Waals surface area contributed by atoms with E-state index in [1.165, 1.54) is 5.57 Å². The molecule has 2 aromatic rings. The van der Waals surface area contributed by atoms with Crippen LogP contribution in [0.2, 0.25) is 0 Å². The van der Waals surface area contributed by atoms with Gasteiger partial charge >= 0.3 is 0 Å². The molecule has 1 fully saturated rings. The van der Waals surface area contributed by atoms with E-state index in [9.17, 15) is 9.59 Å². The summed E-state index contributed by atoms with van der Waals surface area (Å²) in [5.41, 5.74) is 7.34. The number of nitrogens with zero attached hydrogens (tertiary/aromatic N) is 2. The molecule has 7 nitrogen and oxygen atoms in total. The predicted molar refractivity (Wildman–Crippen MR) is 157 cm³/mol. The molecule has 2 aliphatic heterocycles. The average Bonchev–Trinajstić information content (AvgIpc) is 3.56. The molecule has 0 bridgehead atoms. The minimum atomic E-state index is -0.739. The molecular formula is C33H43N3O4. The lowest BCUT2D eigenvalue weighted by Crippen LogP contribution is -2.46. The van der Waals surface area contributed by atoms with Gasteiger partial charge in [-0.25, -0.2) is 0 Å². The Morgan fingerprint density at radius 1 is 1.02 bits per heavy atom. The van der Waals surface area contributed by atoms with Crippen molar-refractivity contribution in [3.05, 3.63) is 61.6 Å². The topological polar surface area (TPSA) is 74.9 Å². The fourth-order valence-corrected chi connectivity index (χ4v) is 7.52. The molecule has 6 rings (SSSR count). The molecule has 1 saturated carbocycles. The van der Waals surface area contributed by atoms with E-state index in [1.807, 2.05) is 31.7 Å². The van der Waals surface area contributed by atoms with Crippen molar-refractivity contribution in [2.75, 3.05) is 20.6 Å². The minimum Gasteiger partial charge on any atom is -0.448 e. The van der Waals surface area contributed by atoms with Crippen molar-refractivity contribution in [3.63, 3.8) is 0 Å². The van der Waals surface area contributed by atoms with E-state index in [-0.39, 0.29) is 11.5 Å². The summed E-state index contributed by atoms with van der Waals surface area (Å²) in [6.45, 7) is 8.81. The van der Waals surface area contributed by atoms with Gasteiger partial charge in [-0.15, -0.1) is 0 Å². The molecule has 0 spiro atoms. The van der Waals surface area contributed by atoms with Gasteiger partial charge in [0.1, 0.15) is 0 Å². The second-order valence-electron chi connectivity index (χ2n) is 12.7. The normalized spacial score (nSPS) is 25.9. The SMILES string of the molecule is Cc1cc(C)c(CN2CCc3c(c(C)c4c(c3C3=CCCC3)OC(C)([C@H]3CC[C@H](N(C)C)CC3)O4)C2=O)c(=O)[nH]1. The largest absolute Gasteiger partial charge is 0.448 e. The van der Waals surface area contributed by atoms with Gasteiger partial charge in [-0.05, 0) is 109 Å². The third-order valence-corrected chi connectivity index (χ3v) is 9.87. The maximum atomic E-state index is 14.2. The number of hydrogen-bond donors (Lipinski definition) is 1. The lowest BCUT2D eigenvalue weighted by atomic mass is 9.81. The van der Waals surface area contributed by atoms with Crippen LogP contribution in [0.4, 0.5) is 0 Å². The number of carbonyl (C=O) groups is 1. The summed E-state index contributed by atoms with van der Waals surface area (Å²) >= 11 is 0. The molecule has 4 aliphatic rings. The number of aryl methyl sites for hydroxylation is 2. The highest BCUT2D eigenvalue weighted by molar-refractivity contribution is 6.01. The predicted octanol–water partition coefficient (Wildman–Crippen LogP) is 5.67. The molecule has 2 aliphatic carbocycles. The minimum absolute atomic E-state index is 0.0236. The Morgan fingerprint density at radius 2 is 1.75 bits per heavy atom. The number of aromatic nitrogens is 1. The fraction of sp³-hybridized carbons (Fsp3) is 0.576. The zero-order chi connectivity index (χ0) is 28.3. The van der Waals surface area contributed by atoms with Crippen molar-refractivity contribution in [1.82, 2.24) is 14.8 Å². The van der Waals surface area contributed by atoms with Crippen LogP contribution >= 0.6 is 0 Å². The average molecular weight is 546 g/mol. The van der Waals surface area contributed by atoms with E-state index >= 15 is 0 Å². The first kappa shape index (κ1) is 27.1. The van der Waals surface area contributed by atoms with Gasteiger partial charge in [0.15, 0.2) is 11.5 Å². The molecule has 214 valence electrons. The Balaban J connectivity index is 1.37. The maximum Gasteiger partial charge on any atom is 0.254 e. The molecule has 1 atom stereocenters. The van der Waals surface area contributed by atoms with Crippen LogP contribution in [0.1, 0.15) is 95.7 Å². The third-order valence-electron chi connectivity index (χ3n) is 9.87. The number of aromatic amines is 1. The summed E-state index contributed by atoms with van der Waals surface area (Å²) in [5, 5.41) is 0. The Hall–Kier alpha value is -3.06. The van der Waals surface area contributed by atoms with E-state index in [0.717, 1.165) is 96.4 Å². The van der Waals surface area contributed by atoms with E-state index in [0.29, 0.717) is 30.6 Å². The van der Waals surface area contributed by atoms with Gasteiger partial charge in [-0.2, -0.15) is 0 Å². The molecule has 0 saturated heterocycles. The molecule has 1 N–H and O–H groups in total. The van der Waals surface area contributed by atoms with Crippen LogP contribution in [0.15, 0.2) is 16.9 Å². The molecule has 1 unspecified atom stereocenters. The van der Waals surface area contributed by atoms with Crippen LogP contribution in [-0.4, -0.2) is 53.2 Å². The number of ether oxygens (including phenoxy) is 2. The van der Waals surface area contributed by atoms with Gasteiger partial charge in [0.2, 0.25) is 0 Å². The second-order valence-corrected chi connectivity index (χ2v) is 12.7. The first-order valence-electron chi connectivity index (χ1n) is 15.0. The zero-order valence-corrected chi connectivity index (χ0v) is 24.9. The van der Waals surface area contributed by atoms with Crippen molar-refractivity contribution in [2.45, 2.75) is 97.4 Å². The van der Waals surface area contributed by atoms with Crippen molar-refractivity contribution in [3.8, 4) is 11.5 Å². The van der Waals surface area contributed by atoms with Gasteiger partial charge in [-0.1, -0.05) is 6.08 Å². The quantitative estimate of drug-likeness (QED) is 0.524. The first-order valence-corrected chi connectivity index (χ1v) is 15.0. The van der Waals surface area contributed by atoms with E-state index in [2.05, 4.69) is 37.0 Å². The smallest absolute Gasteiger partial charge is 0.254 e. The van der Waals surface area contributed by atoms with Crippen LogP contribution in [0.3, 0.4) is 0 Å². The van der Waals surface area contributed by atoms with Crippen molar-refractivity contribution in [1.29, 1.82) is 0 Å². The lowest BCUT2D eigenvalue weighted by Gasteiger charge is -2.39. The molecular weight excluding hydrogens is 502 g/mol. The number of H-pyrrole nitrogens is 1. The second kappa shape index (κ2) is 10.1. The summed E-state index contributed by atoms with van der Waals surface area (Å²) in [6, 6.07) is 2.57. The van der Waals surface area contributed by atoms with Gasteiger partial charge in [0.25, 0.3) is 17.3 Å². The number of benzene rings is 1. The van der Waals surface area contributed by atoms with Crippen molar-refractivity contribution >= 4 is 11.5 Å². The lowest BCUT2D eigenvalue weighted by molar-refractivity contribution is -0.123. The number of fused-ring (bicyclic) bond motifs is 2. The summed E-state index contributed by atoms with van der Waals surface area (Å²) in [5.74, 6) is 1.11. The summed E-state index contributed by atoms with van der Waals surface area (Å²) in [7, 11) is 4.33. The highest BCUT2D eigenvalue weighted by Gasteiger charge is 2.49. The highest BCUT2D eigenvalue weighted by atomic mass is 16.7. The number of nitrogens with one attached hydrogen (secondary N) is 1. The molecule has 1 aromatic heterocycles. The van der Waals surface area contributed by atoms with Crippen molar-refractivity contribution in [2.24, 2.45) is 5.92 Å². The van der Waals surface area contributed by atoms with Gasteiger partial charge < -0.3 is 24.3 Å². The zero-order valence-electron chi connectivity index (χ0n) is 24.9. The molecule has 0 radical (unpaired) electrons. The van der Waals surface area contributed by atoms with Crippen LogP contribution in [0.25, 0.3) is 5.57 Å². The summed E-state index contributed by atoms with van der Waals surface area (Å²) in [6.07, 6.45) is 10.6. The molecule has 1 amide bonds. The number of hydrogen-bond acceptors (Lipinski definition) is 5. The van der Waals surface area contributed by atoms with E-state index < -0.39 is 5.79 Å². The Labute approximate surface area is 237 Å². The molecule has 40 heavy (non-hydrogen) atoms. The summed E-state index contributed by atoms with van der Waals surface area (Å²) < 4.78 is 13.7. The Bertz CT molecular complexity index is 1450. The summed E-state index contributed by atoms with van der Waals surface area (Å²) in [4.78, 5) is 34.0. The van der Waals surface area contributed by atoms with E-state index in [4.69, 9.17) is 9.47 Å². The third kappa shape index (κ3) is 4.47. The van der Waals surface area contributed by atoms with E-state index in [1.54, 1.807) is 0 Å². The number of pyridine rings is 1. The fourth-order valence-electron chi connectivity index (χ4n) is 7.52. The maximum absolute atomic E-state index is 14.2. The van der Waals surface area contributed by atoms with Crippen molar-refractivity contribution < 1.29 is 14.3 Å².